The van der Waals surface area contributed by atoms with Crippen molar-refractivity contribution in [2.45, 2.75) is 32.3 Å². The quantitative estimate of drug-likeness (QED) is 0.901. The molecule has 1 aliphatic heterocycles. The van der Waals surface area contributed by atoms with E-state index in [4.69, 9.17) is 9.47 Å². The van der Waals surface area contributed by atoms with Crippen molar-refractivity contribution >= 4 is 5.91 Å². The largest absolute Gasteiger partial charge is 0.486 e. The predicted molar refractivity (Wildman–Crippen MR) is 88.2 cm³/mol. The number of ether oxygens (including phenoxy) is 2. The molecule has 0 unspecified atom stereocenters. The maximum absolute atomic E-state index is 12.5. The molecule has 1 amide bonds. The van der Waals surface area contributed by atoms with E-state index >= 15 is 0 Å². The monoisotopic (exact) mass is 327 g/mol. The lowest BCUT2D eigenvalue weighted by Crippen LogP contribution is -2.43. The molecule has 0 fully saturated rings. The first-order chi connectivity index (χ1) is 11.7. The van der Waals surface area contributed by atoms with Crippen molar-refractivity contribution in [3.63, 3.8) is 0 Å². The van der Waals surface area contributed by atoms with Crippen LogP contribution in [0.4, 0.5) is 0 Å². The molecular formula is C18H21N3O3. The molecule has 24 heavy (non-hydrogen) atoms. The first-order valence-corrected chi connectivity index (χ1v) is 8.39. The normalized spacial score (nSPS) is 21.9. The number of hydrogen-bond donors (Lipinski definition) is 2. The van der Waals surface area contributed by atoms with E-state index in [-0.39, 0.29) is 17.9 Å². The highest BCUT2D eigenvalue weighted by molar-refractivity contribution is 5.79. The Kier molecular flexibility index (Phi) is 3.88. The van der Waals surface area contributed by atoms with Crippen molar-refractivity contribution in [1.82, 2.24) is 15.3 Å². The molecule has 2 atom stereocenters. The minimum atomic E-state index is -0.155. The fourth-order valence-corrected chi connectivity index (χ4v) is 3.37. The Bertz CT molecular complexity index is 756. The Morgan fingerprint density at radius 2 is 2.21 bits per heavy atom. The molecule has 6 heteroatoms. The number of aromatic nitrogens is 2. The first kappa shape index (κ1) is 15.1. The zero-order chi connectivity index (χ0) is 16.5. The summed E-state index contributed by atoms with van der Waals surface area (Å²) < 4.78 is 11.5. The van der Waals surface area contributed by atoms with Gasteiger partial charge in [-0.25, -0.2) is 4.98 Å². The van der Waals surface area contributed by atoms with E-state index in [1.54, 1.807) is 0 Å². The maximum Gasteiger partial charge on any atom is 0.223 e. The van der Waals surface area contributed by atoms with Crippen molar-refractivity contribution < 1.29 is 14.3 Å². The fourth-order valence-electron chi connectivity index (χ4n) is 3.37. The molecule has 126 valence electrons. The molecule has 6 nitrogen and oxygen atoms in total. The van der Waals surface area contributed by atoms with E-state index in [9.17, 15) is 4.79 Å². The van der Waals surface area contributed by atoms with Crippen LogP contribution in [-0.4, -0.2) is 35.1 Å². The van der Waals surface area contributed by atoms with Crippen LogP contribution in [0.2, 0.25) is 0 Å². The summed E-state index contributed by atoms with van der Waals surface area (Å²) in [6.07, 6.45) is 2.27. The standard InChI is InChI=1S/C18H21N3O3/c1-11-20-14-7-6-12(8-15(14)21-11)18(22)19-9-13-10-23-16-4-2-3-5-17(16)24-13/h2-5,12-13H,6-10H2,1H3,(H,19,22)(H,20,21)/t12-,13-/m1/s1. The van der Waals surface area contributed by atoms with Gasteiger partial charge in [0.15, 0.2) is 11.5 Å². The van der Waals surface area contributed by atoms with Crippen molar-refractivity contribution in [1.29, 1.82) is 0 Å². The molecule has 2 N–H and O–H groups in total. The van der Waals surface area contributed by atoms with Gasteiger partial charge in [0.1, 0.15) is 18.5 Å². The minimum absolute atomic E-state index is 0.00542. The third kappa shape index (κ3) is 2.96. The highest BCUT2D eigenvalue weighted by Gasteiger charge is 2.28. The van der Waals surface area contributed by atoms with Gasteiger partial charge >= 0.3 is 0 Å². The van der Waals surface area contributed by atoms with Crippen LogP contribution < -0.4 is 14.8 Å². The number of nitrogens with zero attached hydrogens (tertiary/aromatic N) is 1. The van der Waals surface area contributed by atoms with Gasteiger partial charge in [-0.3, -0.25) is 4.79 Å². The number of fused-ring (bicyclic) bond motifs is 2. The number of H-pyrrole nitrogens is 1. The maximum atomic E-state index is 12.5. The SMILES string of the molecule is Cc1nc2c([nH]1)C[C@H](C(=O)NC[C@@H]1COc3ccccc3O1)CC2. The Labute approximate surface area is 140 Å². The number of benzene rings is 1. The van der Waals surface area contributed by atoms with Crippen molar-refractivity contribution in [3.05, 3.63) is 41.5 Å². The zero-order valence-electron chi connectivity index (χ0n) is 13.7. The average molecular weight is 327 g/mol. The molecule has 0 saturated carbocycles. The van der Waals surface area contributed by atoms with Crippen LogP contribution in [0.1, 0.15) is 23.6 Å². The molecule has 0 saturated heterocycles. The summed E-state index contributed by atoms with van der Waals surface area (Å²) in [6, 6.07) is 7.59. The van der Waals surface area contributed by atoms with Crippen LogP contribution in [0.3, 0.4) is 0 Å². The Hall–Kier alpha value is -2.50. The summed E-state index contributed by atoms with van der Waals surface area (Å²) in [5, 5.41) is 3.01. The number of para-hydroxylation sites is 2. The molecule has 2 heterocycles. The number of imidazole rings is 1. The summed E-state index contributed by atoms with van der Waals surface area (Å²) >= 11 is 0. The molecule has 0 spiro atoms. The van der Waals surface area contributed by atoms with Gasteiger partial charge in [-0.2, -0.15) is 0 Å². The number of hydrogen-bond acceptors (Lipinski definition) is 4. The van der Waals surface area contributed by atoms with Crippen LogP contribution in [0.5, 0.6) is 11.5 Å². The van der Waals surface area contributed by atoms with Gasteiger partial charge in [-0.05, 0) is 31.9 Å². The van der Waals surface area contributed by atoms with Crippen molar-refractivity contribution in [2.75, 3.05) is 13.2 Å². The van der Waals surface area contributed by atoms with E-state index in [0.717, 1.165) is 48.0 Å². The van der Waals surface area contributed by atoms with Gasteiger partial charge < -0.3 is 19.8 Å². The number of aryl methyl sites for hydroxylation is 2. The van der Waals surface area contributed by atoms with Crippen LogP contribution in [-0.2, 0) is 17.6 Å². The number of carbonyl (C=O) groups is 1. The molecule has 0 radical (unpaired) electrons. The highest BCUT2D eigenvalue weighted by Crippen LogP contribution is 2.30. The Morgan fingerprint density at radius 1 is 1.38 bits per heavy atom. The topological polar surface area (TPSA) is 76.2 Å². The third-order valence-corrected chi connectivity index (χ3v) is 4.61. The Morgan fingerprint density at radius 3 is 3.08 bits per heavy atom. The number of nitrogens with one attached hydrogen (secondary N) is 2. The Balaban J connectivity index is 1.31. The third-order valence-electron chi connectivity index (χ3n) is 4.61. The van der Waals surface area contributed by atoms with E-state index in [1.165, 1.54) is 0 Å². The lowest BCUT2D eigenvalue weighted by molar-refractivity contribution is -0.125. The lowest BCUT2D eigenvalue weighted by Gasteiger charge is -2.27. The second-order valence-electron chi connectivity index (χ2n) is 6.43. The smallest absolute Gasteiger partial charge is 0.223 e. The van der Waals surface area contributed by atoms with Crippen molar-refractivity contribution in [3.8, 4) is 11.5 Å². The van der Waals surface area contributed by atoms with Gasteiger partial charge in [0.2, 0.25) is 5.91 Å². The van der Waals surface area contributed by atoms with Gasteiger partial charge in [-0.15, -0.1) is 0 Å². The number of amides is 1. The van der Waals surface area contributed by atoms with Gasteiger partial charge in [0.25, 0.3) is 0 Å². The zero-order valence-corrected chi connectivity index (χ0v) is 13.7. The van der Waals surface area contributed by atoms with Crippen molar-refractivity contribution in [2.24, 2.45) is 5.92 Å². The summed E-state index contributed by atoms with van der Waals surface area (Å²) in [5.41, 5.74) is 2.21. The van der Waals surface area contributed by atoms with Crippen LogP contribution in [0, 0.1) is 12.8 Å². The number of rotatable bonds is 3. The van der Waals surface area contributed by atoms with Crippen LogP contribution >= 0.6 is 0 Å². The fraction of sp³-hybridized carbons (Fsp3) is 0.444. The highest BCUT2D eigenvalue weighted by atomic mass is 16.6. The molecule has 2 aromatic rings. The molecule has 2 aliphatic rings. The summed E-state index contributed by atoms with van der Waals surface area (Å²) in [6.45, 7) is 2.86. The first-order valence-electron chi connectivity index (χ1n) is 8.39. The van der Waals surface area contributed by atoms with Gasteiger partial charge in [-0.1, -0.05) is 12.1 Å². The van der Waals surface area contributed by atoms with E-state index < -0.39 is 0 Å². The second-order valence-corrected chi connectivity index (χ2v) is 6.43. The molecular weight excluding hydrogens is 306 g/mol. The minimum Gasteiger partial charge on any atom is -0.486 e. The predicted octanol–water partition coefficient (Wildman–Crippen LogP) is 1.78. The van der Waals surface area contributed by atoms with Gasteiger partial charge in [0, 0.05) is 18.0 Å². The van der Waals surface area contributed by atoms with Crippen LogP contribution in [0.15, 0.2) is 24.3 Å². The summed E-state index contributed by atoms with van der Waals surface area (Å²) in [4.78, 5) is 20.2. The molecule has 4 rings (SSSR count). The molecule has 1 aromatic heterocycles. The average Bonchev–Trinajstić information content (AvgIpc) is 2.98. The van der Waals surface area contributed by atoms with Crippen LogP contribution in [0.25, 0.3) is 0 Å². The molecule has 0 bridgehead atoms. The van der Waals surface area contributed by atoms with E-state index in [1.807, 2.05) is 31.2 Å². The number of carbonyl (C=O) groups excluding carboxylic acids is 1. The lowest BCUT2D eigenvalue weighted by atomic mass is 9.89. The van der Waals surface area contributed by atoms with E-state index in [0.29, 0.717) is 13.2 Å². The number of aromatic amines is 1. The molecule has 1 aliphatic carbocycles. The second kappa shape index (κ2) is 6.19. The summed E-state index contributed by atoms with van der Waals surface area (Å²) in [5.74, 6) is 2.49. The molecule has 1 aromatic carbocycles. The summed E-state index contributed by atoms with van der Waals surface area (Å²) in [7, 11) is 0. The van der Waals surface area contributed by atoms with Gasteiger partial charge in [0.05, 0.1) is 12.2 Å². The van der Waals surface area contributed by atoms with E-state index in [2.05, 4.69) is 15.3 Å².